The third-order valence-electron chi connectivity index (χ3n) is 4.72. The van der Waals surface area contributed by atoms with Crippen molar-refractivity contribution in [2.75, 3.05) is 0 Å². The molecule has 1 saturated heterocycles. The summed E-state index contributed by atoms with van der Waals surface area (Å²) in [6, 6.07) is 5.17. The second kappa shape index (κ2) is 5.30. The largest absolute Gasteiger partial charge is 0.304 e. The van der Waals surface area contributed by atoms with E-state index < -0.39 is 0 Å². The van der Waals surface area contributed by atoms with E-state index in [1.807, 2.05) is 6.07 Å². The number of hydrogen-bond donors (Lipinski definition) is 2. The van der Waals surface area contributed by atoms with Crippen LogP contribution in [-0.2, 0) is 0 Å². The fourth-order valence-electron chi connectivity index (χ4n) is 3.66. The normalized spacial score (nSPS) is 30.1. The van der Waals surface area contributed by atoms with E-state index in [-0.39, 0.29) is 0 Å². The summed E-state index contributed by atoms with van der Waals surface area (Å²) in [4.78, 5) is 5.83. The number of aromatic amines is 1. The van der Waals surface area contributed by atoms with Gasteiger partial charge in [0.05, 0.1) is 10.9 Å². The molecule has 2 N–H and O–H groups in total. The number of nitrogens with one attached hydrogen (secondary N) is 2. The molecule has 3 heterocycles. The molecule has 1 aliphatic carbocycles. The minimum Gasteiger partial charge on any atom is -0.304 e. The van der Waals surface area contributed by atoms with E-state index in [0.717, 1.165) is 22.4 Å². The maximum absolute atomic E-state index is 4.70. The Morgan fingerprint density at radius 3 is 3.00 bits per heavy atom. The van der Waals surface area contributed by atoms with Gasteiger partial charge in [0.25, 0.3) is 0 Å². The third kappa shape index (κ3) is 2.29. The average Bonchev–Trinajstić information content (AvgIpc) is 3.17. The van der Waals surface area contributed by atoms with Gasteiger partial charge in [-0.1, -0.05) is 18.9 Å². The average molecular weight is 288 g/mol. The van der Waals surface area contributed by atoms with E-state index >= 15 is 0 Å². The fraction of sp³-hybridized carbons (Fsp3) is 0.600. The molecule has 3 unspecified atom stereocenters. The summed E-state index contributed by atoms with van der Waals surface area (Å²) in [7, 11) is 0. The van der Waals surface area contributed by atoms with Crippen LogP contribution in [0.1, 0.15) is 50.4 Å². The van der Waals surface area contributed by atoms with Gasteiger partial charge in [0, 0.05) is 6.04 Å². The lowest BCUT2D eigenvalue weighted by Crippen LogP contribution is -2.45. The predicted octanol–water partition coefficient (Wildman–Crippen LogP) is 3.52. The first-order chi connectivity index (χ1) is 9.90. The molecule has 0 amide bonds. The summed E-state index contributed by atoms with van der Waals surface area (Å²) < 4.78 is 0. The zero-order valence-electron chi connectivity index (χ0n) is 11.5. The summed E-state index contributed by atoms with van der Waals surface area (Å²) >= 11 is 1.69. The summed E-state index contributed by atoms with van der Waals surface area (Å²) in [5, 5.41) is 13.4. The Morgan fingerprint density at radius 1 is 1.15 bits per heavy atom. The van der Waals surface area contributed by atoms with Crippen molar-refractivity contribution in [1.29, 1.82) is 0 Å². The molecular weight excluding hydrogens is 268 g/mol. The minimum atomic E-state index is 0.357. The van der Waals surface area contributed by atoms with E-state index in [1.165, 1.54) is 38.5 Å². The molecule has 0 spiro atoms. The highest BCUT2D eigenvalue weighted by Crippen LogP contribution is 2.36. The van der Waals surface area contributed by atoms with Gasteiger partial charge in [-0.3, -0.25) is 5.10 Å². The van der Waals surface area contributed by atoms with E-state index in [4.69, 9.17) is 4.98 Å². The number of nitrogens with zero attached hydrogens (tertiary/aromatic N) is 2. The molecule has 1 aliphatic heterocycles. The maximum atomic E-state index is 4.70. The molecule has 2 aromatic heterocycles. The highest BCUT2D eigenvalue weighted by atomic mass is 32.1. The van der Waals surface area contributed by atoms with Gasteiger partial charge >= 0.3 is 0 Å². The molecule has 0 bridgehead atoms. The lowest BCUT2D eigenvalue weighted by atomic mass is 9.77. The molecule has 20 heavy (non-hydrogen) atoms. The van der Waals surface area contributed by atoms with Crippen LogP contribution < -0.4 is 5.32 Å². The van der Waals surface area contributed by atoms with Crippen molar-refractivity contribution in [3.05, 3.63) is 23.3 Å². The molecule has 1 saturated carbocycles. The molecule has 4 nitrogen and oxygen atoms in total. The Balaban J connectivity index is 1.50. The molecule has 0 radical (unpaired) electrons. The van der Waals surface area contributed by atoms with Gasteiger partial charge < -0.3 is 5.32 Å². The summed E-state index contributed by atoms with van der Waals surface area (Å²) in [6.07, 6.45) is 8.03. The number of hydrogen-bond acceptors (Lipinski definition) is 4. The van der Waals surface area contributed by atoms with Crippen LogP contribution in [0.5, 0.6) is 0 Å². The Kier molecular flexibility index (Phi) is 3.32. The topological polar surface area (TPSA) is 53.6 Å². The Morgan fingerprint density at radius 2 is 2.10 bits per heavy atom. The lowest BCUT2D eigenvalue weighted by molar-refractivity contribution is 0.173. The van der Waals surface area contributed by atoms with Crippen LogP contribution in [0, 0.1) is 5.92 Å². The van der Waals surface area contributed by atoms with E-state index in [0.29, 0.717) is 12.1 Å². The third-order valence-corrected chi connectivity index (χ3v) is 5.59. The van der Waals surface area contributed by atoms with Gasteiger partial charge in [-0.05, 0) is 43.0 Å². The summed E-state index contributed by atoms with van der Waals surface area (Å²) in [5.41, 5.74) is 0. The highest BCUT2D eigenvalue weighted by molar-refractivity contribution is 7.13. The second-order valence-electron chi connectivity index (χ2n) is 5.97. The Bertz CT molecular complexity index is 562. The SMILES string of the molecule is c1csc(-c2n[nH]c(C3CCC4CCCCC4N3)n2)c1. The number of rotatable bonds is 2. The molecule has 106 valence electrons. The summed E-state index contributed by atoms with van der Waals surface area (Å²) in [6.45, 7) is 0. The van der Waals surface area contributed by atoms with Crippen LogP contribution in [0.4, 0.5) is 0 Å². The zero-order chi connectivity index (χ0) is 13.4. The number of H-pyrrole nitrogens is 1. The molecule has 2 aromatic rings. The van der Waals surface area contributed by atoms with Gasteiger partial charge in [-0.2, -0.15) is 5.10 Å². The highest BCUT2D eigenvalue weighted by Gasteiger charge is 2.33. The van der Waals surface area contributed by atoms with E-state index in [2.05, 4.69) is 27.0 Å². The zero-order valence-corrected chi connectivity index (χ0v) is 12.3. The molecular formula is C15H20N4S. The minimum absolute atomic E-state index is 0.357. The lowest BCUT2D eigenvalue weighted by Gasteiger charge is -2.39. The maximum Gasteiger partial charge on any atom is 0.191 e. The molecule has 4 rings (SSSR count). The first kappa shape index (κ1) is 12.5. The van der Waals surface area contributed by atoms with Crippen molar-refractivity contribution >= 4 is 11.3 Å². The molecule has 3 atom stereocenters. The first-order valence-corrected chi connectivity index (χ1v) is 8.50. The van der Waals surface area contributed by atoms with Crippen molar-refractivity contribution < 1.29 is 0 Å². The van der Waals surface area contributed by atoms with Crippen LogP contribution in [0.15, 0.2) is 17.5 Å². The molecule has 5 heteroatoms. The van der Waals surface area contributed by atoms with Crippen LogP contribution in [0.3, 0.4) is 0 Å². The van der Waals surface area contributed by atoms with Crippen LogP contribution in [-0.4, -0.2) is 21.2 Å². The van der Waals surface area contributed by atoms with Gasteiger partial charge in [0.1, 0.15) is 5.82 Å². The second-order valence-corrected chi connectivity index (χ2v) is 6.92. The number of fused-ring (bicyclic) bond motifs is 1. The predicted molar refractivity (Wildman–Crippen MR) is 80.6 cm³/mol. The Labute approximate surface area is 123 Å². The molecule has 0 aromatic carbocycles. The number of aromatic nitrogens is 3. The van der Waals surface area contributed by atoms with Crippen molar-refractivity contribution in [3.63, 3.8) is 0 Å². The Hall–Kier alpha value is -1.20. The van der Waals surface area contributed by atoms with Crippen molar-refractivity contribution in [1.82, 2.24) is 20.5 Å². The monoisotopic (exact) mass is 288 g/mol. The number of thiophene rings is 1. The van der Waals surface area contributed by atoms with Gasteiger partial charge in [-0.25, -0.2) is 4.98 Å². The smallest absolute Gasteiger partial charge is 0.191 e. The van der Waals surface area contributed by atoms with Crippen molar-refractivity contribution in [2.24, 2.45) is 5.92 Å². The van der Waals surface area contributed by atoms with Crippen molar-refractivity contribution in [2.45, 2.75) is 50.6 Å². The van der Waals surface area contributed by atoms with E-state index in [9.17, 15) is 0 Å². The summed E-state index contributed by atoms with van der Waals surface area (Å²) in [5.74, 6) is 2.74. The first-order valence-electron chi connectivity index (χ1n) is 7.62. The quantitative estimate of drug-likeness (QED) is 0.889. The van der Waals surface area contributed by atoms with Crippen LogP contribution >= 0.6 is 11.3 Å². The standard InChI is InChI=1S/C15H20N4S/c1-2-5-11-10(4-1)7-8-12(16-11)14-17-15(19-18-14)13-6-3-9-20-13/h3,6,9-12,16H,1-2,4-5,7-8H2,(H,17,18,19). The molecule has 2 fully saturated rings. The van der Waals surface area contributed by atoms with Gasteiger partial charge in [0.15, 0.2) is 5.82 Å². The van der Waals surface area contributed by atoms with Gasteiger partial charge in [0.2, 0.25) is 0 Å². The van der Waals surface area contributed by atoms with Gasteiger partial charge in [-0.15, -0.1) is 11.3 Å². The van der Waals surface area contributed by atoms with Crippen molar-refractivity contribution in [3.8, 4) is 10.7 Å². The van der Waals surface area contributed by atoms with Crippen LogP contribution in [0.25, 0.3) is 10.7 Å². The molecule has 2 aliphatic rings. The van der Waals surface area contributed by atoms with Crippen LogP contribution in [0.2, 0.25) is 0 Å². The fourth-order valence-corrected chi connectivity index (χ4v) is 4.31. The number of piperidine rings is 1. The van der Waals surface area contributed by atoms with E-state index in [1.54, 1.807) is 11.3 Å².